The lowest BCUT2D eigenvalue weighted by Gasteiger charge is -2.42. The molecule has 0 aromatic heterocycles. The van der Waals surface area contributed by atoms with E-state index >= 15 is 0 Å². The Kier molecular flexibility index (Phi) is 7.30. The summed E-state index contributed by atoms with van der Waals surface area (Å²) in [6.07, 6.45) is 13.3. The topological polar surface area (TPSA) is 18.5 Å². The molecular formula is C30H42B2O2P+. The smallest absolute Gasteiger partial charge is 0.399 e. The van der Waals surface area contributed by atoms with Crippen LogP contribution in [0, 0.1) is 0 Å². The quantitative estimate of drug-likeness (QED) is 0.333. The molecule has 1 heterocycles. The third-order valence-electron chi connectivity index (χ3n) is 9.44. The molecule has 0 amide bonds. The van der Waals surface area contributed by atoms with Crippen LogP contribution in [0.3, 0.4) is 0 Å². The SMILES string of the molecule is [B][P+](c1ccccc1-c1ccccc1B1OC(C)(C)C(C)(C)O1)(C1CCCCC1)C1CCCCC1. The first kappa shape index (κ1) is 25.6. The minimum atomic E-state index is -1.86. The first-order valence-electron chi connectivity index (χ1n) is 14.0. The van der Waals surface area contributed by atoms with Crippen molar-refractivity contribution in [3.63, 3.8) is 0 Å². The zero-order valence-corrected chi connectivity index (χ0v) is 23.2. The molecule has 0 unspecified atom stereocenters. The summed E-state index contributed by atoms with van der Waals surface area (Å²) in [4.78, 5) is 0. The molecule has 0 spiro atoms. The number of hydrogen-bond donors (Lipinski definition) is 0. The Hall–Kier alpha value is -1.08. The van der Waals surface area contributed by atoms with Crippen LogP contribution < -0.4 is 10.8 Å². The highest BCUT2D eigenvalue weighted by Crippen LogP contribution is 2.68. The second-order valence-corrected chi connectivity index (χ2v) is 15.7. The molecule has 3 aliphatic rings. The number of benzene rings is 2. The highest BCUT2D eigenvalue weighted by Gasteiger charge is 2.54. The molecule has 2 aromatic rings. The monoisotopic (exact) mass is 487 g/mol. The Morgan fingerprint density at radius 2 is 1.14 bits per heavy atom. The molecule has 2 saturated carbocycles. The van der Waals surface area contributed by atoms with Crippen LogP contribution in [-0.4, -0.2) is 37.2 Å². The molecule has 5 heteroatoms. The summed E-state index contributed by atoms with van der Waals surface area (Å²) in [5, 5.41) is 1.45. The molecule has 2 radical (unpaired) electrons. The lowest BCUT2D eigenvalue weighted by Crippen LogP contribution is -2.41. The number of rotatable bonds is 5. The zero-order chi connectivity index (χ0) is 24.7. The molecule has 5 rings (SSSR count). The third-order valence-corrected chi connectivity index (χ3v) is 14.1. The van der Waals surface area contributed by atoms with Gasteiger partial charge in [-0.05, 0) is 103 Å². The standard InChI is InChI=1S/C30H42B2O2P/c1-29(2)30(3,4)34-32(33-29)27-21-13-11-19-25(27)26-20-12-14-22-28(26)35(31,23-15-7-5-8-16-23)24-17-9-6-10-18-24/h11-14,19-24H,5-10,15-18H2,1-4H3/q+1. The molecule has 1 saturated heterocycles. The predicted molar refractivity (Wildman–Crippen MR) is 154 cm³/mol. The summed E-state index contributed by atoms with van der Waals surface area (Å²) < 4.78 is 13.1. The molecule has 1 aliphatic heterocycles. The Labute approximate surface area is 215 Å². The van der Waals surface area contributed by atoms with Gasteiger partial charge in [-0.25, -0.2) is 0 Å². The average molecular weight is 487 g/mol. The first-order chi connectivity index (χ1) is 16.7. The van der Waals surface area contributed by atoms with E-state index in [-0.39, 0.29) is 18.3 Å². The molecule has 184 valence electrons. The maximum Gasteiger partial charge on any atom is 0.495 e. The van der Waals surface area contributed by atoms with Crippen LogP contribution in [0.5, 0.6) is 0 Å². The lowest BCUT2D eigenvalue weighted by molar-refractivity contribution is 0.00578. The van der Waals surface area contributed by atoms with E-state index in [1.807, 2.05) is 0 Å². The highest BCUT2D eigenvalue weighted by atomic mass is 31.2. The van der Waals surface area contributed by atoms with Crippen molar-refractivity contribution in [2.75, 3.05) is 0 Å². The molecule has 3 fully saturated rings. The van der Waals surface area contributed by atoms with Crippen molar-refractivity contribution in [2.45, 2.75) is 114 Å². The van der Waals surface area contributed by atoms with Gasteiger partial charge in [-0.1, -0.05) is 55.3 Å². The first-order valence-corrected chi connectivity index (χ1v) is 16.0. The summed E-state index contributed by atoms with van der Waals surface area (Å²) in [7, 11) is 5.61. The van der Waals surface area contributed by atoms with E-state index in [0.29, 0.717) is 11.3 Å². The zero-order valence-electron chi connectivity index (χ0n) is 22.3. The van der Waals surface area contributed by atoms with E-state index in [0.717, 1.165) is 5.46 Å². The Balaban J connectivity index is 1.61. The van der Waals surface area contributed by atoms with Crippen molar-refractivity contribution >= 4 is 32.6 Å². The minimum Gasteiger partial charge on any atom is -0.399 e. The van der Waals surface area contributed by atoms with Gasteiger partial charge >= 0.3 is 14.7 Å². The van der Waals surface area contributed by atoms with Gasteiger partial charge in [-0.2, -0.15) is 0 Å². The molecule has 0 atom stereocenters. The van der Waals surface area contributed by atoms with Gasteiger partial charge in [0.15, 0.2) is 0 Å². The van der Waals surface area contributed by atoms with E-state index < -0.39 is 7.14 Å². The van der Waals surface area contributed by atoms with Crippen molar-refractivity contribution in [2.24, 2.45) is 0 Å². The van der Waals surface area contributed by atoms with Gasteiger partial charge in [0.1, 0.15) is 0 Å². The summed E-state index contributed by atoms with van der Waals surface area (Å²) in [6, 6.07) is 17.8. The molecular weight excluding hydrogens is 445 g/mol. The maximum atomic E-state index is 7.85. The van der Waals surface area contributed by atoms with Gasteiger partial charge in [-0.15, -0.1) is 0 Å². The predicted octanol–water partition coefficient (Wildman–Crippen LogP) is 7.04. The van der Waals surface area contributed by atoms with Gasteiger partial charge in [0, 0.05) is 5.56 Å². The summed E-state index contributed by atoms with van der Waals surface area (Å²) in [5.41, 5.74) is 4.25. The largest absolute Gasteiger partial charge is 0.495 e. The van der Waals surface area contributed by atoms with Crippen molar-refractivity contribution < 1.29 is 9.31 Å². The second kappa shape index (κ2) is 10.00. The summed E-state index contributed by atoms with van der Waals surface area (Å²) >= 11 is 0. The van der Waals surface area contributed by atoms with Gasteiger partial charge in [0.05, 0.1) is 27.8 Å². The fourth-order valence-corrected chi connectivity index (χ4v) is 11.4. The normalized spacial score (nSPS) is 23.5. The van der Waals surface area contributed by atoms with Crippen molar-refractivity contribution in [1.29, 1.82) is 0 Å². The Morgan fingerprint density at radius 1 is 0.686 bits per heavy atom. The maximum absolute atomic E-state index is 7.85. The van der Waals surface area contributed by atoms with Crippen LogP contribution >= 0.6 is 7.14 Å². The van der Waals surface area contributed by atoms with E-state index in [1.165, 1.54) is 80.6 Å². The van der Waals surface area contributed by atoms with Gasteiger partial charge in [-0.3, -0.25) is 0 Å². The van der Waals surface area contributed by atoms with Crippen LogP contribution in [0.2, 0.25) is 0 Å². The van der Waals surface area contributed by atoms with Gasteiger partial charge in [0.25, 0.3) is 0 Å². The van der Waals surface area contributed by atoms with Gasteiger partial charge < -0.3 is 9.31 Å². The fraction of sp³-hybridized carbons (Fsp3) is 0.600. The van der Waals surface area contributed by atoms with Crippen molar-refractivity contribution in [3.05, 3.63) is 48.5 Å². The lowest BCUT2D eigenvalue weighted by atomic mass is 9.74. The van der Waals surface area contributed by atoms with E-state index in [2.05, 4.69) is 76.2 Å². The molecule has 35 heavy (non-hydrogen) atoms. The molecule has 2 aliphatic carbocycles. The molecule has 2 aromatic carbocycles. The van der Waals surface area contributed by atoms with E-state index in [9.17, 15) is 0 Å². The highest BCUT2D eigenvalue weighted by molar-refractivity contribution is 8.04. The fourth-order valence-electron chi connectivity index (χ4n) is 6.67. The Bertz CT molecular complexity index is 991. The minimum absolute atomic E-state index is 0.362. The Morgan fingerprint density at radius 3 is 1.69 bits per heavy atom. The van der Waals surface area contributed by atoms with Crippen LogP contribution in [0.15, 0.2) is 48.5 Å². The third kappa shape index (κ3) is 4.69. The summed E-state index contributed by atoms with van der Waals surface area (Å²) in [5.74, 6) is 0. The van der Waals surface area contributed by atoms with Crippen molar-refractivity contribution in [1.82, 2.24) is 0 Å². The summed E-state index contributed by atoms with van der Waals surface area (Å²) in [6.45, 7) is 8.52. The van der Waals surface area contributed by atoms with Crippen LogP contribution in [0.25, 0.3) is 11.1 Å². The van der Waals surface area contributed by atoms with Crippen LogP contribution in [0.4, 0.5) is 0 Å². The number of hydrogen-bond acceptors (Lipinski definition) is 2. The van der Waals surface area contributed by atoms with Gasteiger partial charge in [0.2, 0.25) is 0 Å². The molecule has 2 nitrogen and oxygen atoms in total. The molecule has 0 N–H and O–H groups in total. The van der Waals surface area contributed by atoms with Crippen molar-refractivity contribution in [3.8, 4) is 11.1 Å². The average Bonchev–Trinajstić information content (AvgIpc) is 3.11. The van der Waals surface area contributed by atoms with E-state index in [1.54, 1.807) is 0 Å². The van der Waals surface area contributed by atoms with Crippen LogP contribution in [0.1, 0.15) is 91.9 Å². The van der Waals surface area contributed by atoms with Crippen LogP contribution in [-0.2, 0) is 9.31 Å². The van der Waals surface area contributed by atoms with E-state index in [4.69, 9.17) is 16.9 Å². The second-order valence-electron chi connectivity index (χ2n) is 12.1. The molecule has 0 bridgehead atoms.